The maximum atomic E-state index is 5.67. The molecule has 2 aliphatic carbocycles. The Morgan fingerprint density at radius 3 is 3.25 bits per heavy atom. The van der Waals surface area contributed by atoms with E-state index in [1.165, 1.54) is 32.1 Å². The zero-order valence-electron chi connectivity index (χ0n) is 7.25. The molecule has 1 heterocycles. The minimum Gasteiger partial charge on any atom is -0.497 e. The van der Waals surface area contributed by atoms with E-state index in [1.54, 1.807) is 11.1 Å². The molecule has 0 aromatic heterocycles. The summed E-state index contributed by atoms with van der Waals surface area (Å²) in [5, 5.41) is 0. The first-order valence-electron chi connectivity index (χ1n) is 4.98. The van der Waals surface area contributed by atoms with Gasteiger partial charge in [-0.3, -0.25) is 0 Å². The highest BCUT2D eigenvalue weighted by Crippen LogP contribution is 2.44. The average molecular weight is 162 g/mol. The van der Waals surface area contributed by atoms with Crippen molar-refractivity contribution in [1.29, 1.82) is 0 Å². The Labute approximate surface area is 73.1 Å². The molecule has 0 N–H and O–H groups in total. The third kappa shape index (κ3) is 0.796. The van der Waals surface area contributed by atoms with Crippen LogP contribution < -0.4 is 0 Å². The van der Waals surface area contributed by atoms with Crippen molar-refractivity contribution in [2.45, 2.75) is 38.2 Å². The Balaban J connectivity index is 2.01. The van der Waals surface area contributed by atoms with E-state index in [2.05, 4.69) is 6.08 Å². The van der Waals surface area contributed by atoms with Gasteiger partial charge in [-0.15, -0.1) is 0 Å². The fourth-order valence-electron chi connectivity index (χ4n) is 2.81. The number of rotatable bonds is 0. The molecule has 0 spiro atoms. The van der Waals surface area contributed by atoms with Crippen LogP contribution in [0.5, 0.6) is 0 Å². The number of hydrogen-bond donors (Lipinski definition) is 0. The van der Waals surface area contributed by atoms with E-state index in [9.17, 15) is 0 Å². The monoisotopic (exact) mass is 162 g/mol. The van der Waals surface area contributed by atoms with Crippen molar-refractivity contribution >= 4 is 0 Å². The molecule has 0 aromatic rings. The summed E-state index contributed by atoms with van der Waals surface area (Å²) in [6.45, 7) is 0. The van der Waals surface area contributed by atoms with Gasteiger partial charge in [0.15, 0.2) is 0 Å². The van der Waals surface area contributed by atoms with E-state index in [4.69, 9.17) is 4.74 Å². The van der Waals surface area contributed by atoms with Crippen LogP contribution in [0.15, 0.2) is 23.5 Å². The summed E-state index contributed by atoms with van der Waals surface area (Å²) >= 11 is 0. The Morgan fingerprint density at radius 1 is 1.25 bits per heavy atom. The van der Waals surface area contributed by atoms with Gasteiger partial charge in [0.2, 0.25) is 0 Å². The van der Waals surface area contributed by atoms with E-state index in [1.807, 2.05) is 6.26 Å². The van der Waals surface area contributed by atoms with E-state index in [0.717, 1.165) is 0 Å². The van der Waals surface area contributed by atoms with Crippen LogP contribution >= 0.6 is 0 Å². The molecule has 0 unspecified atom stereocenters. The van der Waals surface area contributed by atoms with Crippen LogP contribution in [0.3, 0.4) is 0 Å². The van der Waals surface area contributed by atoms with Crippen molar-refractivity contribution in [3.63, 3.8) is 0 Å². The molecule has 64 valence electrons. The van der Waals surface area contributed by atoms with Crippen LogP contribution in [0.4, 0.5) is 0 Å². The molecule has 0 radical (unpaired) electrons. The lowest BCUT2D eigenvalue weighted by atomic mass is 9.74. The lowest BCUT2D eigenvalue weighted by Gasteiger charge is -2.31. The van der Waals surface area contributed by atoms with E-state index in [0.29, 0.717) is 12.0 Å². The zero-order chi connectivity index (χ0) is 7.97. The maximum Gasteiger partial charge on any atom is 0.108 e. The van der Waals surface area contributed by atoms with Crippen LogP contribution in [-0.2, 0) is 4.74 Å². The molecule has 1 aliphatic heterocycles. The molecule has 3 aliphatic rings. The predicted octanol–water partition coefficient (Wildman–Crippen LogP) is 2.79. The summed E-state index contributed by atoms with van der Waals surface area (Å²) in [6.07, 6.45) is 11.4. The van der Waals surface area contributed by atoms with Crippen molar-refractivity contribution in [2.75, 3.05) is 0 Å². The summed E-state index contributed by atoms with van der Waals surface area (Å²) in [4.78, 5) is 0. The van der Waals surface area contributed by atoms with Gasteiger partial charge in [0.25, 0.3) is 0 Å². The zero-order valence-corrected chi connectivity index (χ0v) is 7.25. The van der Waals surface area contributed by atoms with Gasteiger partial charge in [0.1, 0.15) is 6.10 Å². The van der Waals surface area contributed by atoms with Crippen LogP contribution in [0.25, 0.3) is 0 Å². The number of hydrogen-bond acceptors (Lipinski definition) is 1. The van der Waals surface area contributed by atoms with Gasteiger partial charge >= 0.3 is 0 Å². The standard InChI is InChI=1S/C11H14O/c1-3-8-4-2-6-10-11(8)9(5-1)7-12-10/h3,7,10-11H,1-2,4-6H2/t10-,11-/m0/s1. The van der Waals surface area contributed by atoms with E-state index < -0.39 is 0 Å². The van der Waals surface area contributed by atoms with Gasteiger partial charge in [-0.2, -0.15) is 0 Å². The van der Waals surface area contributed by atoms with Crippen LogP contribution in [-0.4, -0.2) is 6.10 Å². The number of ether oxygens (including phenoxy) is 1. The molecule has 1 saturated carbocycles. The van der Waals surface area contributed by atoms with Crippen LogP contribution in [0.1, 0.15) is 32.1 Å². The second-order valence-corrected chi connectivity index (χ2v) is 4.05. The average Bonchev–Trinajstić information content (AvgIpc) is 2.52. The number of allylic oxidation sites excluding steroid dienone is 1. The van der Waals surface area contributed by atoms with Gasteiger partial charge in [0, 0.05) is 5.92 Å². The summed E-state index contributed by atoms with van der Waals surface area (Å²) < 4.78 is 5.67. The molecular formula is C11H14O. The lowest BCUT2D eigenvalue weighted by Crippen LogP contribution is -2.26. The Bertz CT molecular complexity index is 262. The van der Waals surface area contributed by atoms with Gasteiger partial charge in [0.05, 0.1) is 6.26 Å². The minimum absolute atomic E-state index is 0.514. The molecule has 2 atom stereocenters. The molecule has 0 saturated heterocycles. The van der Waals surface area contributed by atoms with Crippen molar-refractivity contribution in [3.8, 4) is 0 Å². The molecule has 0 aromatic carbocycles. The first-order chi connectivity index (χ1) is 5.95. The summed E-state index contributed by atoms with van der Waals surface area (Å²) in [7, 11) is 0. The highest BCUT2D eigenvalue weighted by Gasteiger charge is 2.37. The second kappa shape index (κ2) is 2.38. The quantitative estimate of drug-likeness (QED) is 0.498. The third-order valence-electron chi connectivity index (χ3n) is 3.36. The Hall–Kier alpha value is -0.720. The fraction of sp³-hybridized carbons (Fsp3) is 0.636. The predicted molar refractivity (Wildman–Crippen MR) is 47.6 cm³/mol. The molecule has 12 heavy (non-hydrogen) atoms. The highest BCUT2D eigenvalue weighted by atomic mass is 16.5. The van der Waals surface area contributed by atoms with Crippen molar-refractivity contribution in [1.82, 2.24) is 0 Å². The topological polar surface area (TPSA) is 9.23 Å². The SMILES string of the molecule is C1=C2CCC=C3CCC[C@H](O1)[C@H]23. The van der Waals surface area contributed by atoms with Crippen LogP contribution in [0.2, 0.25) is 0 Å². The molecule has 1 heteroatoms. The molecule has 3 rings (SSSR count). The van der Waals surface area contributed by atoms with Crippen LogP contribution in [0, 0.1) is 5.92 Å². The first kappa shape index (κ1) is 6.76. The van der Waals surface area contributed by atoms with E-state index >= 15 is 0 Å². The van der Waals surface area contributed by atoms with Gasteiger partial charge < -0.3 is 4.74 Å². The first-order valence-corrected chi connectivity index (χ1v) is 4.98. The van der Waals surface area contributed by atoms with Gasteiger partial charge in [-0.25, -0.2) is 0 Å². The maximum absolute atomic E-state index is 5.67. The van der Waals surface area contributed by atoms with Crippen molar-refractivity contribution in [2.24, 2.45) is 5.92 Å². The molecule has 0 bridgehead atoms. The molecule has 1 nitrogen and oxygen atoms in total. The minimum atomic E-state index is 0.514. The van der Waals surface area contributed by atoms with E-state index in [-0.39, 0.29) is 0 Å². The van der Waals surface area contributed by atoms with Gasteiger partial charge in [-0.05, 0) is 37.7 Å². The summed E-state index contributed by atoms with van der Waals surface area (Å²) in [6, 6.07) is 0. The smallest absolute Gasteiger partial charge is 0.108 e. The Kier molecular flexibility index (Phi) is 1.34. The third-order valence-corrected chi connectivity index (χ3v) is 3.36. The summed E-state index contributed by atoms with van der Waals surface area (Å²) in [5.74, 6) is 0.701. The van der Waals surface area contributed by atoms with Crippen molar-refractivity contribution in [3.05, 3.63) is 23.5 Å². The van der Waals surface area contributed by atoms with Gasteiger partial charge in [-0.1, -0.05) is 11.6 Å². The lowest BCUT2D eigenvalue weighted by molar-refractivity contribution is 0.119. The fourth-order valence-corrected chi connectivity index (χ4v) is 2.81. The normalized spacial score (nSPS) is 38.0. The largest absolute Gasteiger partial charge is 0.497 e. The molecular weight excluding hydrogens is 148 g/mol. The molecule has 1 fully saturated rings. The Morgan fingerprint density at radius 2 is 2.25 bits per heavy atom. The highest BCUT2D eigenvalue weighted by molar-refractivity contribution is 5.31. The molecule has 0 amide bonds. The second-order valence-electron chi connectivity index (χ2n) is 4.05. The summed E-state index contributed by atoms with van der Waals surface area (Å²) in [5.41, 5.74) is 3.23. The van der Waals surface area contributed by atoms with Crippen molar-refractivity contribution < 1.29 is 4.74 Å².